The number of halogens is 1. The minimum Gasteiger partial charge on any atom is -0.491 e. The molecule has 0 unspecified atom stereocenters. The van der Waals surface area contributed by atoms with Gasteiger partial charge in [-0.2, -0.15) is 0 Å². The second-order valence-corrected chi connectivity index (χ2v) is 10.9. The summed E-state index contributed by atoms with van der Waals surface area (Å²) in [5.74, 6) is -0.806. The Bertz CT molecular complexity index is 1500. The van der Waals surface area contributed by atoms with Crippen molar-refractivity contribution in [2.45, 2.75) is 37.0 Å². The third kappa shape index (κ3) is 8.13. The zero-order chi connectivity index (χ0) is 31.6. The largest absolute Gasteiger partial charge is 0.491 e. The molecule has 1 heterocycles. The average Bonchev–Trinajstić information content (AvgIpc) is 3.08. The second kappa shape index (κ2) is 15.4. The minimum atomic E-state index is -1.07. The number of hydrogen-bond donors (Lipinski definition) is 2. The van der Waals surface area contributed by atoms with E-state index in [9.17, 15) is 14.0 Å². The molecule has 0 bridgehead atoms. The van der Waals surface area contributed by atoms with E-state index in [4.69, 9.17) is 19.9 Å². The lowest BCUT2D eigenvalue weighted by atomic mass is 9.84. The highest BCUT2D eigenvalue weighted by Gasteiger charge is 2.36. The number of nitrogens with one attached hydrogen (secondary N) is 1. The maximum Gasteiger partial charge on any atom is 0.420 e. The van der Waals surface area contributed by atoms with E-state index in [0.717, 1.165) is 21.6 Å². The fraction of sp³-hybridized carbons (Fsp3) is 0.278. The van der Waals surface area contributed by atoms with Crippen LogP contribution in [-0.2, 0) is 20.7 Å². The average molecular weight is 612 g/mol. The Morgan fingerprint density at radius 1 is 0.889 bits per heavy atom. The Labute approximate surface area is 262 Å². The van der Waals surface area contributed by atoms with Gasteiger partial charge in [0.25, 0.3) is 5.91 Å². The Balaban J connectivity index is 1.31. The Hall–Kier alpha value is -4.57. The van der Waals surface area contributed by atoms with Crippen LogP contribution in [0.1, 0.15) is 29.0 Å². The zero-order valence-electron chi connectivity index (χ0n) is 25.2. The minimum absolute atomic E-state index is 0.126. The molecule has 4 aromatic carbocycles. The van der Waals surface area contributed by atoms with Gasteiger partial charge in [0.2, 0.25) is 0 Å². The molecule has 0 saturated carbocycles. The zero-order valence-corrected chi connectivity index (χ0v) is 25.2. The van der Waals surface area contributed by atoms with Gasteiger partial charge in [-0.05, 0) is 59.9 Å². The Morgan fingerprint density at radius 3 is 2.13 bits per heavy atom. The second-order valence-electron chi connectivity index (χ2n) is 10.9. The van der Waals surface area contributed by atoms with Gasteiger partial charge in [-0.15, -0.1) is 0 Å². The van der Waals surface area contributed by atoms with E-state index in [1.54, 1.807) is 24.3 Å². The first kappa shape index (κ1) is 31.8. The standard InChI is InChI=1S/C36H38FN3O5/c1-43-36(42)40(35(41)34(38)33(26-11-4-2-5-12-26)27-13-6-3-7-14-27)32-15-9-8-10-25(32)16-19-30-22-39-23-31(45-30)24-44-29-20-17-28(37)18-21-29/h2-15,17-18,20-21,30-31,33-34,39H,16,19,22-24,38H2,1H3/t30-,31+,34+/m1/s1. The number of morpholine rings is 1. The number of carbonyl (C=O) groups is 2. The SMILES string of the molecule is COC(=O)N(C(=O)[C@@H](N)C(c1ccccc1)c1ccccc1)c1ccccc1CC[C@@H]1CNC[C@@H](COc2ccc(F)cc2)O1. The number of rotatable bonds is 11. The highest BCUT2D eigenvalue weighted by atomic mass is 19.1. The van der Waals surface area contributed by atoms with Crippen LogP contribution in [0.4, 0.5) is 14.9 Å². The van der Waals surface area contributed by atoms with Crippen LogP contribution in [0.5, 0.6) is 5.75 Å². The number of imide groups is 1. The van der Waals surface area contributed by atoms with Gasteiger partial charge >= 0.3 is 6.09 Å². The van der Waals surface area contributed by atoms with Crippen molar-refractivity contribution in [2.24, 2.45) is 5.73 Å². The van der Waals surface area contributed by atoms with Crippen molar-refractivity contribution in [1.29, 1.82) is 0 Å². The van der Waals surface area contributed by atoms with E-state index in [-0.39, 0.29) is 18.0 Å². The first-order valence-corrected chi connectivity index (χ1v) is 15.0. The fourth-order valence-corrected chi connectivity index (χ4v) is 5.64. The van der Waals surface area contributed by atoms with Gasteiger partial charge in [-0.25, -0.2) is 14.1 Å². The van der Waals surface area contributed by atoms with Crippen LogP contribution in [0.3, 0.4) is 0 Å². The number of ether oxygens (including phenoxy) is 3. The van der Waals surface area contributed by atoms with Crippen molar-refractivity contribution in [3.05, 3.63) is 132 Å². The molecule has 234 valence electrons. The molecule has 0 spiro atoms. The van der Waals surface area contributed by atoms with E-state index in [2.05, 4.69) is 5.32 Å². The molecule has 5 rings (SSSR count). The number of aryl methyl sites for hydroxylation is 1. The van der Waals surface area contributed by atoms with Crippen molar-refractivity contribution in [1.82, 2.24) is 5.32 Å². The summed E-state index contributed by atoms with van der Waals surface area (Å²) in [6.07, 6.45) is 0.0339. The van der Waals surface area contributed by atoms with Crippen LogP contribution < -0.4 is 20.7 Å². The van der Waals surface area contributed by atoms with Crippen molar-refractivity contribution >= 4 is 17.7 Å². The number of nitrogens with two attached hydrogens (primary N) is 1. The number of methoxy groups -OCH3 is 1. The lowest BCUT2D eigenvalue weighted by Crippen LogP contribution is -2.50. The summed E-state index contributed by atoms with van der Waals surface area (Å²) in [4.78, 5) is 28.4. The summed E-state index contributed by atoms with van der Waals surface area (Å²) < 4.78 is 30.4. The Morgan fingerprint density at radius 2 is 1.49 bits per heavy atom. The van der Waals surface area contributed by atoms with Crippen LogP contribution >= 0.6 is 0 Å². The maximum absolute atomic E-state index is 14.2. The molecular weight excluding hydrogens is 573 g/mol. The summed E-state index contributed by atoms with van der Waals surface area (Å²) >= 11 is 0. The van der Waals surface area contributed by atoms with Crippen LogP contribution in [-0.4, -0.2) is 57.1 Å². The van der Waals surface area contributed by atoms with E-state index >= 15 is 0 Å². The smallest absolute Gasteiger partial charge is 0.420 e. The maximum atomic E-state index is 14.2. The lowest BCUT2D eigenvalue weighted by Gasteiger charge is -2.32. The molecule has 1 saturated heterocycles. The molecule has 9 heteroatoms. The topological polar surface area (TPSA) is 103 Å². The van der Waals surface area contributed by atoms with Gasteiger partial charge in [0.1, 0.15) is 24.3 Å². The molecule has 8 nitrogen and oxygen atoms in total. The van der Waals surface area contributed by atoms with E-state index in [0.29, 0.717) is 44.0 Å². The van der Waals surface area contributed by atoms with E-state index < -0.39 is 24.0 Å². The molecule has 1 aliphatic rings. The van der Waals surface area contributed by atoms with Crippen LogP contribution in [0.25, 0.3) is 0 Å². The predicted octanol–water partition coefficient (Wildman–Crippen LogP) is 5.45. The highest BCUT2D eigenvalue weighted by Crippen LogP contribution is 2.31. The van der Waals surface area contributed by atoms with Gasteiger partial charge < -0.3 is 25.3 Å². The summed E-state index contributed by atoms with van der Waals surface area (Å²) in [6, 6.07) is 31.2. The number of hydrogen-bond acceptors (Lipinski definition) is 7. The predicted molar refractivity (Wildman–Crippen MR) is 171 cm³/mol. The Kier molecular flexibility index (Phi) is 10.9. The van der Waals surface area contributed by atoms with Gasteiger partial charge in [0.05, 0.1) is 24.9 Å². The lowest BCUT2D eigenvalue weighted by molar-refractivity contribution is -0.119. The quantitative estimate of drug-likeness (QED) is 0.232. The third-order valence-corrected chi connectivity index (χ3v) is 7.89. The molecule has 2 amide bonds. The molecular formula is C36H38FN3O5. The number of para-hydroxylation sites is 1. The number of anilines is 1. The van der Waals surface area contributed by atoms with Gasteiger partial charge in [0.15, 0.2) is 0 Å². The fourth-order valence-electron chi connectivity index (χ4n) is 5.64. The van der Waals surface area contributed by atoms with Crippen LogP contribution in [0.15, 0.2) is 109 Å². The summed E-state index contributed by atoms with van der Waals surface area (Å²) in [7, 11) is 1.25. The van der Waals surface area contributed by atoms with Crippen molar-refractivity contribution in [3.8, 4) is 5.75 Å². The molecule has 45 heavy (non-hydrogen) atoms. The molecule has 1 aliphatic heterocycles. The number of amides is 2. The van der Waals surface area contributed by atoms with Crippen molar-refractivity contribution in [3.63, 3.8) is 0 Å². The third-order valence-electron chi connectivity index (χ3n) is 7.89. The summed E-state index contributed by atoms with van der Waals surface area (Å²) in [6.45, 7) is 1.59. The molecule has 3 N–H and O–H groups in total. The molecule has 3 atom stereocenters. The van der Waals surface area contributed by atoms with E-state index in [1.807, 2.05) is 72.8 Å². The van der Waals surface area contributed by atoms with Crippen LogP contribution in [0.2, 0.25) is 0 Å². The van der Waals surface area contributed by atoms with E-state index in [1.165, 1.54) is 19.2 Å². The summed E-state index contributed by atoms with van der Waals surface area (Å²) in [5, 5.41) is 3.39. The molecule has 0 aliphatic carbocycles. The first-order chi connectivity index (χ1) is 21.9. The normalized spacial score (nSPS) is 17.0. The molecule has 0 aromatic heterocycles. The molecule has 0 radical (unpaired) electrons. The highest BCUT2D eigenvalue weighted by molar-refractivity contribution is 6.15. The van der Waals surface area contributed by atoms with Gasteiger partial charge in [0, 0.05) is 19.0 Å². The number of nitrogens with zero attached hydrogens (tertiary/aromatic N) is 1. The first-order valence-electron chi connectivity index (χ1n) is 15.0. The van der Waals surface area contributed by atoms with Gasteiger partial charge in [-0.1, -0.05) is 78.9 Å². The monoisotopic (exact) mass is 611 g/mol. The number of benzene rings is 4. The molecule has 1 fully saturated rings. The summed E-state index contributed by atoms with van der Waals surface area (Å²) in [5.41, 5.74) is 9.67. The van der Waals surface area contributed by atoms with Crippen molar-refractivity contribution in [2.75, 3.05) is 31.7 Å². The molecule has 4 aromatic rings. The number of carbonyl (C=O) groups excluding carboxylic acids is 2. The van der Waals surface area contributed by atoms with Gasteiger partial charge in [-0.3, -0.25) is 4.79 Å². The van der Waals surface area contributed by atoms with Crippen molar-refractivity contribution < 1.29 is 28.2 Å². The van der Waals surface area contributed by atoms with Crippen LogP contribution in [0, 0.1) is 5.82 Å².